The number of para-hydroxylation sites is 1. The Morgan fingerprint density at radius 2 is 2.00 bits per heavy atom. The van der Waals surface area contributed by atoms with Crippen LogP contribution in [0.1, 0.15) is 32.8 Å². The third-order valence-corrected chi connectivity index (χ3v) is 2.82. The van der Waals surface area contributed by atoms with Gasteiger partial charge >= 0.3 is 0 Å². The number of nitrogens with one attached hydrogen (secondary N) is 1. The van der Waals surface area contributed by atoms with Gasteiger partial charge in [-0.15, -0.1) is 0 Å². The second kappa shape index (κ2) is 8.77. The van der Waals surface area contributed by atoms with Crippen LogP contribution in [0.5, 0.6) is 11.5 Å². The number of rotatable bonds is 9. The van der Waals surface area contributed by atoms with E-state index in [0.29, 0.717) is 19.6 Å². The van der Waals surface area contributed by atoms with Crippen LogP contribution >= 0.6 is 0 Å². The lowest BCUT2D eigenvalue weighted by molar-refractivity contribution is 0.101. The van der Waals surface area contributed by atoms with Gasteiger partial charge in [-0.25, -0.2) is 0 Å². The Morgan fingerprint density at radius 3 is 2.63 bits per heavy atom. The molecular formula is C15H25NO3. The second-order valence-corrected chi connectivity index (χ2v) is 4.33. The van der Waals surface area contributed by atoms with Gasteiger partial charge in [0.15, 0.2) is 11.5 Å². The van der Waals surface area contributed by atoms with Crippen molar-refractivity contribution in [2.24, 2.45) is 0 Å². The molecule has 1 aromatic rings. The molecule has 0 aliphatic carbocycles. The summed E-state index contributed by atoms with van der Waals surface area (Å²) in [6.45, 7) is 8.46. The zero-order valence-electron chi connectivity index (χ0n) is 12.1. The van der Waals surface area contributed by atoms with Crippen LogP contribution in [0, 0.1) is 0 Å². The largest absolute Gasteiger partial charge is 0.490 e. The van der Waals surface area contributed by atoms with Crippen LogP contribution in [-0.4, -0.2) is 31.0 Å². The summed E-state index contributed by atoms with van der Waals surface area (Å²) in [6, 6.07) is 5.87. The third kappa shape index (κ3) is 5.09. The molecule has 1 unspecified atom stereocenters. The quantitative estimate of drug-likeness (QED) is 0.721. The fraction of sp³-hybridized carbons (Fsp3) is 0.600. The predicted octanol–water partition coefficient (Wildman–Crippen LogP) is 2.34. The summed E-state index contributed by atoms with van der Waals surface area (Å²) < 4.78 is 11.3. The van der Waals surface area contributed by atoms with E-state index in [1.807, 2.05) is 32.0 Å². The Labute approximate surface area is 115 Å². The summed E-state index contributed by atoms with van der Waals surface area (Å²) in [5, 5.41) is 12.9. The van der Waals surface area contributed by atoms with Gasteiger partial charge in [-0.3, -0.25) is 0 Å². The van der Waals surface area contributed by atoms with Gasteiger partial charge in [0.25, 0.3) is 0 Å². The van der Waals surface area contributed by atoms with Crippen molar-refractivity contribution >= 4 is 0 Å². The topological polar surface area (TPSA) is 50.7 Å². The van der Waals surface area contributed by atoms with E-state index in [1.54, 1.807) is 0 Å². The van der Waals surface area contributed by atoms with Crippen molar-refractivity contribution in [1.82, 2.24) is 5.32 Å². The standard InChI is InChI=1S/C15H25NO3/c1-4-13(17)11-19-15-12(10-16-5-2)8-7-9-14(15)18-6-3/h7-9,13,16-17H,4-6,10-11H2,1-3H3. The van der Waals surface area contributed by atoms with Crippen LogP contribution < -0.4 is 14.8 Å². The highest BCUT2D eigenvalue weighted by atomic mass is 16.5. The Bertz CT molecular complexity index is 368. The molecule has 4 heteroatoms. The van der Waals surface area contributed by atoms with Crippen LogP contribution in [0.25, 0.3) is 0 Å². The first-order chi connectivity index (χ1) is 9.22. The molecule has 108 valence electrons. The van der Waals surface area contributed by atoms with Crippen LogP contribution in [0.2, 0.25) is 0 Å². The number of aliphatic hydroxyl groups is 1. The maximum absolute atomic E-state index is 9.63. The molecule has 0 aliphatic heterocycles. The lowest BCUT2D eigenvalue weighted by Crippen LogP contribution is -2.18. The first-order valence-corrected chi connectivity index (χ1v) is 6.99. The van der Waals surface area contributed by atoms with Gasteiger partial charge in [0.05, 0.1) is 12.7 Å². The van der Waals surface area contributed by atoms with Gasteiger partial charge in [-0.2, -0.15) is 0 Å². The van der Waals surface area contributed by atoms with Crippen LogP contribution in [0.15, 0.2) is 18.2 Å². The average molecular weight is 267 g/mol. The van der Waals surface area contributed by atoms with Gasteiger partial charge in [-0.05, 0) is 26.0 Å². The van der Waals surface area contributed by atoms with Gasteiger partial charge in [0.1, 0.15) is 6.61 Å². The van der Waals surface area contributed by atoms with E-state index in [2.05, 4.69) is 12.2 Å². The Morgan fingerprint density at radius 1 is 1.21 bits per heavy atom. The summed E-state index contributed by atoms with van der Waals surface area (Å²) in [7, 11) is 0. The molecule has 0 bridgehead atoms. The van der Waals surface area contributed by atoms with E-state index in [-0.39, 0.29) is 0 Å². The van der Waals surface area contributed by atoms with E-state index < -0.39 is 6.10 Å². The molecule has 19 heavy (non-hydrogen) atoms. The predicted molar refractivity (Wildman–Crippen MR) is 76.8 cm³/mol. The Kier molecular flexibility index (Phi) is 7.30. The molecule has 1 aromatic carbocycles. The van der Waals surface area contributed by atoms with Crippen LogP contribution in [-0.2, 0) is 6.54 Å². The minimum atomic E-state index is -0.443. The molecular weight excluding hydrogens is 242 g/mol. The molecule has 0 saturated carbocycles. The molecule has 0 aromatic heterocycles. The zero-order chi connectivity index (χ0) is 14.1. The number of ether oxygens (including phenoxy) is 2. The van der Waals surface area contributed by atoms with Crippen molar-refractivity contribution in [1.29, 1.82) is 0 Å². The highest BCUT2D eigenvalue weighted by Crippen LogP contribution is 2.31. The second-order valence-electron chi connectivity index (χ2n) is 4.33. The van der Waals surface area contributed by atoms with Gasteiger partial charge in [-0.1, -0.05) is 26.0 Å². The monoisotopic (exact) mass is 267 g/mol. The minimum Gasteiger partial charge on any atom is -0.490 e. The molecule has 0 saturated heterocycles. The lowest BCUT2D eigenvalue weighted by atomic mass is 10.1. The average Bonchev–Trinajstić information content (AvgIpc) is 2.43. The van der Waals surface area contributed by atoms with E-state index in [1.165, 1.54) is 0 Å². The summed E-state index contributed by atoms with van der Waals surface area (Å²) >= 11 is 0. The molecule has 0 amide bonds. The fourth-order valence-electron chi connectivity index (χ4n) is 1.69. The normalized spacial score (nSPS) is 12.2. The fourth-order valence-corrected chi connectivity index (χ4v) is 1.69. The number of aliphatic hydroxyl groups excluding tert-OH is 1. The highest BCUT2D eigenvalue weighted by Gasteiger charge is 2.12. The Balaban J connectivity index is 2.85. The maximum atomic E-state index is 9.63. The summed E-state index contributed by atoms with van der Waals surface area (Å²) in [4.78, 5) is 0. The number of hydrogen-bond acceptors (Lipinski definition) is 4. The van der Waals surface area contributed by atoms with Gasteiger partial charge in [0, 0.05) is 12.1 Å². The smallest absolute Gasteiger partial charge is 0.165 e. The van der Waals surface area contributed by atoms with Gasteiger partial charge in [0.2, 0.25) is 0 Å². The van der Waals surface area contributed by atoms with Crippen molar-refractivity contribution in [2.75, 3.05) is 19.8 Å². The van der Waals surface area contributed by atoms with E-state index in [9.17, 15) is 5.11 Å². The third-order valence-electron chi connectivity index (χ3n) is 2.82. The van der Waals surface area contributed by atoms with Gasteiger partial charge < -0.3 is 19.9 Å². The van der Waals surface area contributed by atoms with Crippen molar-refractivity contribution < 1.29 is 14.6 Å². The summed E-state index contributed by atoms with van der Waals surface area (Å²) in [5.41, 5.74) is 1.05. The molecule has 0 spiro atoms. The highest BCUT2D eigenvalue weighted by molar-refractivity contribution is 5.46. The van der Waals surface area contributed by atoms with E-state index in [0.717, 1.165) is 30.2 Å². The molecule has 2 N–H and O–H groups in total. The molecule has 0 aliphatic rings. The van der Waals surface area contributed by atoms with Crippen molar-refractivity contribution in [2.45, 2.75) is 39.8 Å². The number of hydrogen-bond donors (Lipinski definition) is 2. The van der Waals surface area contributed by atoms with Crippen molar-refractivity contribution in [3.63, 3.8) is 0 Å². The van der Waals surface area contributed by atoms with Crippen LogP contribution in [0.3, 0.4) is 0 Å². The first kappa shape index (κ1) is 15.8. The molecule has 0 radical (unpaired) electrons. The maximum Gasteiger partial charge on any atom is 0.165 e. The molecule has 0 fully saturated rings. The van der Waals surface area contributed by atoms with Crippen molar-refractivity contribution in [3.8, 4) is 11.5 Å². The van der Waals surface area contributed by atoms with E-state index in [4.69, 9.17) is 9.47 Å². The Hall–Kier alpha value is -1.26. The summed E-state index contributed by atoms with van der Waals surface area (Å²) in [5.74, 6) is 1.47. The SMILES string of the molecule is CCNCc1cccc(OCC)c1OCC(O)CC. The van der Waals surface area contributed by atoms with Crippen LogP contribution in [0.4, 0.5) is 0 Å². The van der Waals surface area contributed by atoms with E-state index >= 15 is 0 Å². The molecule has 4 nitrogen and oxygen atoms in total. The molecule has 1 rings (SSSR count). The lowest BCUT2D eigenvalue weighted by Gasteiger charge is -2.17. The molecule has 1 atom stereocenters. The minimum absolute atomic E-state index is 0.291. The zero-order valence-corrected chi connectivity index (χ0v) is 12.1. The number of benzene rings is 1. The van der Waals surface area contributed by atoms with Crippen molar-refractivity contribution in [3.05, 3.63) is 23.8 Å². The first-order valence-electron chi connectivity index (χ1n) is 6.99. The summed E-state index contributed by atoms with van der Waals surface area (Å²) in [6.07, 6.45) is 0.237. The molecule has 0 heterocycles.